The first-order valence-corrected chi connectivity index (χ1v) is 4.39. The van der Waals surface area contributed by atoms with Crippen molar-refractivity contribution < 1.29 is 5.11 Å². The second-order valence-corrected chi connectivity index (χ2v) is 4.78. The van der Waals surface area contributed by atoms with E-state index in [9.17, 15) is 0 Å². The minimum absolute atomic E-state index is 0.147. The Morgan fingerprint density at radius 1 is 1.55 bits per heavy atom. The lowest BCUT2D eigenvalue weighted by atomic mass is 9.92. The highest BCUT2D eigenvalue weighted by Gasteiger charge is 2.13. The second kappa shape index (κ2) is 2.81. The van der Waals surface area contributed by atoms with E-state index in [1.165, 1.54) is 11.5 Å². The molecular formula is C8H13NOS. The van der Waals surface area contributed by atoms with Crippen LogP contribution in [0.3, 0.4) is 0 Å². The smallest absolute Gasteiger partial charge is 0.222 e. The van der Waals surface area contributed by atoms with Crippen molar-refractivity contribution in [1.82, 2.24) is 4.37 Å². The molecule has 0 atom stereocenters. The molecule has 0 fully saturated rings. The lowest BCUT2D eigenvalue weighted by molar-refractivity contribution is 0.413. The van der Waals surface area contributed by atoms with Crippen molar-refractivity contribution in [1.29, 1.82) is 0 Å². The normalized spacial score (nSPS) is 11.9. The van der Waals surface area contributed by atoms with Crippen molar-refractivity contribution in [2.75, 3.05) is 0 Å². The molecule has 0 aromatic carbocycles. The fourth-order valence-corrected chi connectivity index (χ4v) is 1.83. The molecule has 0 aliphatic carbocycles. The van der Waals surface area contributed by atoms with Crippen LogP contribution < -0.4 is 0 Å². The highest BCUT2D eigenvalue weighted by Crippen LogP contribution is 2.25. The van der Waals surface area contributed by atoms with Gasteiger partial charge in [-0.1, -0.05) is 20.8 Å². The maximum absolute atomic E-state index is 8.95. The molecule has 0 aliphatic rings. The van der Waals surface area contributed by atoms with Gasteiger partial charge in [-0.15, -0.1) is 0 Å². The Balaban J connectivity index is 2.65. The van der Waals surface area contributed by atoms with E-state index in [1.807, 2.05) is 0 Å². The fourth-order valence-electron chi connectivity index (χ4n) is 0.908. The van der Waals surface area contributed by atoms with Gasteiger partial charge in [0, 0.05) is 10.9 Å². The monoisotopic (exact) mass is 171 g/mol. The van der Waals surface area contributed by atoms with Crippen LogP contribution in [0.2, 0.25) is 0 Å². The van der Waals surface area contributed by atoms with Crippen molar-refractivity contribution in [3.8, 4) is 5.88 Å². The lowest BCUT2D eigenvalue weighted by Gasteiger charge is -2.15. The Bertz CT molecular complexity index is 236. The minimum Gasteiger partial charge on any atom is -0.493 e. The van der Waals surface area contributed by atoms with Crippen molar-refractivity contribution in [2.45, 2.75) is 27.2 Å². The van der Waals surface area contributed by atoms with Gasteiger partial charge in [0.05, 0.1) is 0 Å². The van der Waals surface area contributed by atoms with Gasteiger partial charge in [-0.25, -0.2) is 0 Å². The zero-order valence-corrected chi connectivity index (χ0v) is 7.90. The van der Waals surface area contributed by atoms with Crippen molar-refractivity contribution >= 4 is 11.5 Å². The van der Waals surface area contributed by atoms with E-state index in [0.717, 1.165) is 11.3 Å². The quantitative estimate of drug-likeness (QED) is 0.704. The van der Waals surface area contributed by atoms with Crippen LogP contribution in [0.25, 0.3) is 0 Å². The Morgan fingerprint density at radius 2 is 2.18 bits per heavy atom. The van der Waals surface area contributed by atoms with E-state index in [2.05, 4.69) is 25.1 Å². The number of aromatic nitrogens is 1. The van der Waals surface area contributed by atoms with Crippen LogP contribution in [-0.2, 0) is 6.42 Å². The van der Waals surface area contributed by atoms with E-state index >= 15 is 0 Å². The molecule has 0 aliphatic heterocycles. The van der Waals surface area contributed by atoms with Gasteiger partial charge >= 0.3 is 0 Å². The third kappa shape index (κ3) is 2.89. The average molecular weight is 171 g/mol. The lowest BCUT2D eigenvalue weighted by Crippen LogP contribution is -2.07. The molecule has 0 bridgehead atoms. The molecule has 0 radical (unpaired) electrons. The first-order valence-electron chi connectivity index (χ1n) is 3.62. The summed E-state index contributed by atoms with van der Waals surface area (Å²) in [5.74, 6) is 0.147. The zero-order valence-electron chi connectivity index (χ0n) is 7.09. The van der Waals surface area contributed by atoms with Crippen LogP contribution in [0.5, 0.6) is 5.88 Å². The van der Waals surface area contributed by atoms with Crippen molar-refractivity contribution in [2.24, 2.45) is 5.41 Å². The summed E-state index contributed by atoms with van der Waals surface area (Å²) in [5.41, 5.74) is 0.277. The van der Waals surface area contributed by atoms with Gasteiger partial charge in [0.2, 0.25) is 5.88 Å². The summed E-state index contributed by atoms with van der Waals surface area (Å²) in [4.78, 5) is 1.15. The molecule has 3 heteroatoms. The second-order valence-electron chi connectivity index (χ2n) is 3.89. The van der Waals surface area contributed by atoms with Crippen LogP contribution in [0.4, 0.5) is 0 Å². The van der Waals surface area contributed by atoms with Gasteiger partial charge in [0.15, 0.2) is 0 Å². The largest absolute Gasteiger partial charge is 0.493 e. The van der Waals surface area contributed by atoms with Crippen molar-refractivity contribution in [3.05, 3.63) is 10.9 Å². The maximum Gasteiger partial charge on any atom is 0.222 e. The van der Waals surface area contributed by atoms with Gasteiger partial charge < -0.3 is 5.11 Å². The molecule has 11 heavy (non-hydrogen) atoms. The number of nitrogens with zero attached hydrogens (tertiary/aromatic N) is 1. The third-order valence-electron chi connectivity index (χ3n) is 1.25. The summed E-state index contributed by atoms with van der Waals surface area (Å²) < 4.78 is 3.80. The summed E-state index contributed by atoms with van der Waals surface area (Å²) in [6.45, 7) is 6.51. The molecule has 1 aromatic rings. The molecule has 0 amide bonds. The van der Waals surface area contributed by atoms with Gasteiger partial charge in [-0.2, -0.15) is 4.37 Å². The molecule has 1 rings (SSSR count). The molecule has 62 valence electrons. The zero-order chi connectivity index (χ0) is 8.48. The van der Waals surface area contributed by atoms with Gasteiger partial charge in [-0.3, -0.25) is 0 Å². The molecule has 0 saturated heterocycles. The van der Waals surface area contributed by atoms with Gasteiger partial charge in [0.25, 0.3) is 0 Å². The Hall–Kier alpha value is -0.570. The summed E-state index contributed by atoms with van der Waals surface area (Å²) in [6, 6.07) is 1.73. The topological polar surface area (TPSA) is 33.1 Å². The standard InChI is InChI=1S/C8H13NOS/c1-8(2,3)5-6-4-7(10)9-11-6/h4H,5H2,1-3H3,(H,9,10). The summed E-state index contributed by atoms with van der Waals surface area (Å²) in [5, 5.41) is 8.95. The predicted octanol–water partition coefficient (Wildman–Crippen LogP) is 2.44. The van der Waals surface area contributed by atoms with Crippen LogP contribution in [0, 0.1) is 5.41 Å². The van der Waals surface area contributed by atoms with E-state index < -0.39 is 0 Å². The minimum atomic E-state index is 0.147. The van der Waals surface area contributed by atoms with Gasteiger partial charge in [0.1, 0.15) is 0 Å². The van der Waals surface area contributed by atoms with E-state index in [-0.39, 0.29) is 11.3 Å². The third-order valence-corrected chi connectivity index (χ3v) is 2.03. The highest BCUT2D eigenvalue weighted by molar-refractivity contribution is 7.05. The van der Waals surface area contributed by atoms with E-state index in [0.29, 0.717) is 0 Å². The average Bonchev–Trinajstić information content (AvgIpc) is 2.10. The molecule has 1 aromatic heterocycles. The van der Waals surface area contributed by atoms with Crippen LogP contribution in [0.1, 0.15) is 25.6 Å². The number of rotatable bonds is 1. The molecular weight excluding hydrogens is 158 g/mol. The molecule has 2 nitrogen and oxygen atoms in total. The molecule has 1 heterocycles. The summed E-state index contributed by atoms with van der Waals surface area (Å²) in [7, 11) is 0. The number of aromatic hydroxyl groups is 1. The number of hydrogen-bond donors (Lipinski definition) is 1. The van der Waals surface area contributed by atoms with Crippen LogP contribution in [0.15, 0.2) is 6.07 Å². The molecule has 0 saturated carbocycles. The highest BCUT2D eigenvalue weighted by atomic mass is 32.1. The SMILES string of the molecule is CC(C)(C)Cc1cc(O)ns1. The van der Waals surface area contributed by atoms with Crippen molar-refractivity contribution in [3.63, 3.8) is 0 Å². The van der Waals surface area contributed by atoms with Crippen LogP contribution >= 0.6 is 11.5 Å². The Kier molecular flexibility index (Phi) is 2.18. The fraction of sp³-hybridized carbons (Fsp3) is 0.625. The molecule has 0 spiro atoms. The summed E-state index contributed by atoms with van der Waals surface area (Å²) in [6.07, 6.45) is 0.977. The van der Waals surface area contributed by atoms with Crippen LogP contribution in [-0.4, -0.2) is 9.48 Å². The Labute approximate surface area is 71.1 Å². The maximum atomic E-state index is 8.95. The molecule has 0 unspecified atom stereocenters. The number of hydrogen-bond acceptors (Lipinski definition) is 3. The predicted molar refractivity (Wildman–Crippen MR) is 46.9 cm³/mol. The first-order chi connectivity index (χ1) is 4.97. The van der Waals surface area contributed by atoms with E-state index in [1.54, 1.807) is 6.07 Å². The summed E-state index contributed by atoms with van der Waals surface area (Å²) >= 11 is 1.38. The van der Waals surface area contributed by atoms with Gasteiger partial charge in [-0.05, 0) is 23.4 Å². The van der Waals surface area contributed by atoms with E-state index in [4.69, 9.17) is 5.11 Å². The Morgan fingerprint density at radius 3 is 2.55 bits per heavy atom. The first kappa shape index (κ1) is 8.53. The molecule has 1 N–H and O–H groups in total.